The highest BCUT2D eigenvalue weighted by Crippen LogP contribution is 2.28. The van der Waals surface area contributed by atoms with E-state index in [9.17, 15) is 0 Å². The largest absolute Gasteiger partial charge is 0.379 e. The van der Waals surface area contributed by atoms with Crippen molar-refractivity contribution < 1.29 is 4.74 Å². The van der Waals surface area contributed by atoms with Gasteiger partial charge in [-0.2, -0.15) is 0 Å². The molecule has 3 nitrogen and oxygen atoms in total. The van der Waals surface area contributed by atoms with E-state index in [1.807, 2.05) is 0 Å². The molecule has 2 aliphatic rings. The number of nitrogens with zero attached hydrogens (tertiary/aromatic N) is 2. The summed E-state index contributed by atoms with van der Waals surface area (Å²) in [5.74, 6) is 1.54. The van der Waals surface area contributed by atoms with Crippen molar-refractivity contribution in [3.63, 3.8) is 0 Å². The normalized spacial score (nSPS) is 21.9. The quantitative estimate of drug-likeness (QED) is 0.828. The molecule has 0 atom stereocenters. The monoisotopic (exact) mass is 316 g/mol. The summed E-state index contributed by atoms with van der Waals surface area (Å²) in [4.78, 5) is 5.12. The molecule has 2 aliphatic heterocycles. The molecular weight excluding hydrogens is 284 g/mol. The van der Waals surface area contributed by atoms with Gasteiger partial charge in [0.2, 0.25) is 0 Å². The van der Waals surface area contributed by atoms with Crippen LogP contribution < -0.4 is 0 Å². The maximum Gasteiger partial charge on any atom is 0.0594 e. The molecule has 128 valence electrons. The van der Waals surface area contributed by atoms with Gasteiger partial charge in [-0.05, 0) is 48.9 Å². The van der Waals surface area contributed by atoms with Crippen LogP contribution in [0.15, 0.2) is 24.3 Å². The topological polar surface area (TPSA) is 15.7 Å². The predicted molar refractivity (Wildman–Crippen MR) is 95.8 cm³/mol. The Bertz CT molecular complexity index is 457. The van der Waals surface area contributed by atoms with Crippen molar-refractivity contribution >= 4 is 0 Å². The number of ether oxygens (including phenoxy) is 1. The molecule has 1 aromatic carbocycles. The summed E-state index contributed by atoms with van der Waals surface area (Å²) in [5.41, 5.74) is 2.98. The van der Waals surface area contributed by atoms with Crippen molar-refractivity contribution in [3.8, 4) is 0 Å². The summed E-state index contributed by atoms with van der Waals surface area (Å²) >= 11 is 0. The Morgan fingerprint density at radius 1 is 0.957 bits per heavy atom. The van der Waals surface area contributed by atoms with Crippen molar-refractivity contribution in [3.05, 3.63) is 35.4 Å². The molecule has 0 spiro atoms. The van der Waals surface area contributed by atoms with Gasteiger partial charge in [-0.1, -0.05) is 38.1 Å². The van der Waals surface area contributed by atoms with Gasteiger partial charge in [0, 0.05) is 26.2 Å². The zero-order chi connectivity index (χ0) is 16.1. The molecule has 0 aromatic heterocycles. The van der Waals surface area contributed by atoms with Gasteiger partial charge in [-0.3, -0.25) is 4.90 Å². The first-order chi connectivity index (χ1) is 11.2. The third kappa shape index (κ3) is 5.03. The SMILES string of the molecule is CC(C)CN1CCC(c2ccc(CN3CCOCC3)cc2)CC1. The zero-order valence-electron chi connectivity index (χ0n) is 14.8. The van der Waals surface area contributed by atoms with Crippen LogP contribution in [-0.2, 0) is 11.3 Å². The fourth-order valence-electron chi connectivity index (χ4n) is 3.88. The van der Waals surface area contributed by atoms with Crippen LogP contribution in [0.2, 0.25) is 0 Å². The van der Waals surface area contributed by atoms with Crippen LogP contribution in [0.4, 0.5) is 0 Å². The molecule has 0 radical (unpaired) electrons. The van der Waals surface area contributed by atoms with E-state index < -0.39 is 0 Å². The van der Waals surface area contributed by atoms with E-state index >= 15 is 0 Å². The Kier molecular flexibility index (Phi) is 6.09. The summed E-state index contributed by atoms with van der Waals surface area (Å²) in [6.45, 7) is 13.4. The Morgan fingerprint density at radius 2 is 1.61 bits per heavy atom. The van der Waals surface area contributed by atoms with Gasteiger partial charge in [0.05, 0.1) is 13.2 Å². The van der Waals surface area contributed by atoms with Crippen LogP contribution >= 0.6 is 0 Å². The molecule has 0 saturated carbocycles. The Labute approximate surface area is 141 Å². The molecular formula is C20H32N2O. The van der Waals surface area contributed by atoms with Gasteiger partial charge < -0.3 is 9.64 Å². The van der Waals surface area contributed by atoms with Crippen LogP contribution in [0.5, 0.6) is 0 Å². The minimum atomic E-state index is 0.760. The van der Waals surface area contributed by atoms with Gasteiger partial charge in [-0.15, -0.1) is 0 Å². The summed E-state index contributed by atoms with van der Waals surface area (Å²) in [6, 6.07) is 9.42. The number of likely N-dealkylation sites (tertiary alicyclic amines) is 1. The van der Waals surface area contributed by atoms with Crippen molar-refractivity contribution in [1.82, 2.24) is 9.80 Å². The van der Waals surface area contributed by atoms with Crippen molar-refractivity contribution in [2.75, 3.05) is 45.9 Å². The van der Waals surface area contributed by atoms with E-state index in [2.05, 4.69) is 47.9 Å². The maximum absolute atomic E-state index is 5.42. The fraction of sp³-hybridized carbons (Fsp3) is 0.700. The number of benzene rings is 1. The minimum Gasteiger partial charge on any atom is -0.379 e. The second-order valence-electron chi connectivity index (χ2n) is 7.60. The molecule has 0 amide bonds. The molecule has 0 unspecified atom stereocenters. The number of hydrogen-bond acceptors (Lipinski definition) is 3. The van der Waals surface area contributed by atoms with E-state index in [4.69, 9.17) is 4.74 Å². The van der Waals surface area contributed by atoms with Gasteiger partial charge >= 0.3 is 0 Å². The zero-order valence-corrected chi connectivity index (χ0v) is 14.8. The Hall–Kier alpha value is -0.900. The van der Waals surface area contributed by atoms with Crippen LogP contribution in [0.25, 0.3) is 0 Å². The third-order valence-electron chi connectivity index (χ3n) is 5.17. The van der Waals surface area contributed by atoms with E-state index in [0.717, 1.165) is 44.7 Å². The lowest BCUT2D eigenvalue weighted by molar-refractivity contribution is 0.0342. The molecule has 23 heavy (non-hydrogen) atoms. The highest BCUT2D eigenvalue weighted by Gasteiger charge is 2.21. The number of rotatable bonds is 5. The number of morpholine rings is 1. The predicted octanol–water partition coefficient (Wildman–Crippen LogP) is 3.35. The Morgan fingerprint density at radius 3 is 2.22 bits per heavy atom. The molecule has 0 aliphatic carbocycles. The fourth-order valence-corrected chi connectivity index (χ4v) is 3.88. The smallest absolute Gasteiger partial charge is 0.0594 e. The highest BCUT2D eigenvalue weighted by molar-refractivity contribution is 5.26. The van der Waals surface area contributed by atoms with Gasteiger partial charge in [0.25, 0.3) is 0 Å². The lowest BCUT2D eigenvalue weighted by Gasteiger charge is -2.33. The lowest BCUT2D eigenvalue weighted by atomic mass is 9.88. The summed E-state index contributed by atoms with van der Waals surface area (Å²) in [6.07, 6.45) is 2.63. The van der Waals surface area contributed by atoms with E-state index in [1.54, 1.807) is 5.56 Å². The first kappa shape index (κ1) is 16.9. The van der Waals surface area contributed by atoms with E-state index in [1.165, 1.54) is 38.0 Å². The van der Waals surface area contributed by atoms with Crippen molar-refractivity contribution in [1.29, 1.82) is 0 Å². The van der Waals surface area contributed by atoms with Crippen LogP contribution in [0.3, 0.4) is 0 Å². The maximum atomic E-state index is 5.42. The average Bonchev–Trinajstić information content (AvgIpc) is 2.57. The van der Waals surface area contributed by atoms with Gasteiger partial charge in [-0.25, -0.2) is 0 Å². The summed E-state index contributed by atoms with van der Waals surface area (Å²) in [7, 11) is 0. The lowest BCUT2D eigenvalue weighted by Crippen LogP contribution is -2.35. The minimum absolute atomic E-state index is 0.760. The highest BCUT2D eigenvalue weighted by atomic mass is 16.5. The summed E-state index contributed by atoms with van der Waals surface area (Å²) < 4.78 is 5.42. The van der Waals surface area contributed by atoms with Crippen LogP contribution in [0, 0.1) is 5.92 Å². The second-order valence-corrected chi connectivity index (χ2v) is 7.60. The first-order valence-electron chi connectivity index (χ1n) is 9.32. The standard InChI is InChI=1S/C20H32N2O/c1-17(2)15-21-9-7-20(8-10-21)19-5-3-18(4-6-19)16-22-11-13-23-14-12-22/h3-6,17,20H,7-16H2,1-2H3. The Balaban J connectivity index is 1.49. The van der Waals surface area contributed by atoms with E-state index in [-0.39, 0.29) is 0 Å². The molecule has 1 aromatic rings. The second kappa shape index (κ2) is 8.27. The number of hydrogen-bond donors (Lipinski definition) is 0. The third-order valence-corrected chi connectivity index (χ3v) is 5.17. The molecule has 2 fully saturated rings. The molecule has 2 heterocycles. The molecule has 2 saturated heterocycles. The van der Waals surface area contributed by atoms with Crippen molar-refractivity contribution in [2.24, 2.45) is 5.92 Å². The molecule has 3 rings (SSSR count). The van der Waals surface area contributed by atoms with Crippen LogP contribution in [0.1, 0.15) is 43.7 Å². The molecule has 0 bridgehead atoms. The van der Waals surface area contributed by atoms with Crippen molar-refractivity contribution in [2.45, 2.75) is 39.2 Å². The molecule has 0 N–H and O–H groups in total. The first-order valence-corrected chi connectivity index (χ1v) is 9.32. The summed E-state index contributed by atoms with van der Waals surface area (Å²) in [5, 5.41) is 0. The molecule has 3 heteroatoms. The van der Waals surface area contributed by atoms with Gasteiger partial charge in [0.1, 0.15) is 0 Å². The van der Waals surface area contributed by atoms with Crippen LogP contribution in [-0.4, -0.2) is 55.7 Å². The number of piperidine rings is 1. The van der Waals surface area contributed by atoms with E-state index in [0.29, 0.717) is 0 Å². The van der Waals surface area contributed by atoms with Gasteiger partial charge in [0.15, 0.2) is 0 Å². The average molecular weight is 316 g/mol.